The number of carbonyl (C=O) groups is 1. The summed E-state index contributed by atoms with van der Waals surface area (Å²) in [5, 5.41) is 2.72. The molecule has 0 radical (unpaired) electrons. The number of benzene rings is 2. The quantitative estimate of drug-likeness (QED) is 0.561. The van der Waals surface area contributed by atoms with E-state index in [1.807, 2.05) is 0 Å². The molecule has 0 aliphatic carbocycles. The predicted octanol–water partition coefficient (Wildman–Crippen LogP) is 2.58. The lowest BCUT2D eigenvalue weighted by Gasteiger charge is -2.22. The van der Waals surface area contributed by atoms with Crippen molar-refractivity contribution < 1.29 is 27.1 Å². The second-order valence-corrected chi connectivity index (χ2v) is 8.20. The molecule has 1 N–H and O–H groups in total. The third-order valence-corrected chi connectivity index (χ3v) is 5.19. The lowest BCUT2D eigenvalue weighted by molar-refractivity contribution is -0.121. The zero-order chi connectivity index (χ0) is 21.3. The number of nitrogens with zero attached hydrogens (tertiary/aromatic N) is 1. The van der Waals surface area contributed by atoms with Gasteiger partial charge in [0.25, 0.3) is 0 Å². The van der Waals surface area contributed by atoms with Crippen LogP contribution in [0.4, 0.5) is 10.1 Å². The van der Waals surface area contributed by atoms with Gasteiger partial charge in [0.05, 0.1) is 25.6 Å². The van der Waals surface area contributed by atoms with Crippen LogP contribution in [0.2, 0.25) is 0 Å². The lowest BCUT2D eigenvalue weighted by atomic mass is 10.2. The summed E-state index contributed by atoms with van der Waals surface area (Å²) < 4.78 is 49.1. The van der Waals surface area contributed by atoms with Gasteiger partial charge in [-0.05, 0) is 36.8 Å². The number of ether oxygens (including phenoxy) is 2. The standard InChI is InChI=1S/C20H25FN2O5S/c1-27-18-8-4-9-19(15-18)28-13-11-22-20(24)10-5-12-23(29(2,25)26)17-7-3-6-16(21)14-17/h3-4,6-9,14-15H,5,10-13H2,1-2H3,(H,22,24). The van der Waals surface area contributed by atoms with Crippen molar-refractivity contribution in [2.24, 2.45) is 0 Å². The van der Waals surface area contributed by atoms with Gasteiger partial charge in [0, 0.05) is 19.0 Å². The molecule has 0 fully saturated rings. The fourth-order valence-corrected chi connectivity index (χ4v) is 3.60. The highest BCUT2D eigenvalue weighted by atomic mass is 32.2. The van der Waals surface area contributed by atoms with Gasteiger partial charge in [-0.3, -0.25) is 9.10 Å². The summed E-state index contributed by atoms with van der Waals surface area (Å²) in [6, 6.07) is 12.5. The average Bonchev–Trinajstić information content (AvgIpc) is 2.68. The van der Waals surface area contributed by atoms with Crippen molar-refractivity contribution in [3.63, 3.8) is 0 Å². The number of sulfonamides is 1. The maximum atomic E-state index is 13.4. The Morgan fingerprint density at radius 2 is 1.86 bits per heavy atom. The van der Waals surface area contributed by atoms with Gasteiger partial charge in [-0.1, -0.05) is 12.1 Å². The third kappa shape index (κ3) is 7.61. The van der Waals surface area contributed by atoms with Crippen LogP contribution in [0.5, 0.6) is 11.5 Å². The molecule has 29 heavy (non-hydrogen) atoms. The summed E-state index contributed by atoms with van der Waals surface area (Å²) in [4.78, 5) is 12.0. The Morgan fingerprint density at radius 3 is 2.55 bits per heavy atom. The third-order valence-electron chi connectivity index (χ3n) is 4.00. The van der Waals surface area contributed by atoms with Crippen molar-refractivity contribution >= 4 is 21.6 Å². The van der Waals surface area contributed by atoms with Gasteiger partial charge in [0.15, 0.2) is 0 Å². The molecule has 0 saturated heterocycles. The molecule has 2 aromatic carbocycles. The predicted molar refractivity (Wildman–Crippen MR) is 109 cm³/mol. The zero-order valence-electron chi connectivity index (χ0n) is 16.4. The Balaban J connectivity index is 1.74. The molecule has 0 aliphatic heterocycles. The van der Waals surface area contributed by atoms with Crippen molar-refractivity contribution in [2.75, 3.05) is 37.4 Å². The monoisotopic (exact) mass is 424 g/mol. The number of anilines is 1. The van der Waals surface area contributed by atoms with E-state index in [0.29, 0.717) is 24.5 Å². The Hall–Kier alpha value is -2.81. The van der Waals surface area contributed by atoms with Crippen LogP contribution in [0.15, 0.2) is 48.5 Å². The molecule has 7 nitrogen and oxygen atoms in total. The number of rotatable bonds is 11. The Labute approximate surface area is 170 Å². The topological polar surface area (TPSA) is 84.9 Å². The van der Waals surface area contributed by atoms with Gasteiger partial charge in [-0.15, -0.1) is 0 Å². The minimum absolute atomic E-state index is 0.0794. The molecule has 0 bridgehead atoms. The first kappa shape index (κ1) is 22.5. The van der Waals surface area contributed by atoms with Gasteiger partial charge in [0.2, 0.25) is 15.9 Å². The van der Waals surface area contributed by atoms with E-state index in [1.54, 1.807) is 31.4 Å². The minimum atomic E-state index is -3.59. The van der Waals surface area contributed by atoms with Crippen molar-refractivity contribution in [1.82, 2.24) is 5.32 Å². The Bertz CT molecular complexity index is 921. The van der Waals surface area contributed by atoms with E-state index in [9.17, 15) is 17.6 Å². The summed E-state index contributed by atoms with van der Waals surface area (Å²) in [5.74, 6) is 0.578. The van der Waals surface area contributed by atoms with Crippen LogP contribution in [0.25, 0.3) is 0 Å². The minimum Gasteiger partial charge on any atom is -0.497 e. The highest BCUT2D eigenvalue weighted by Crippen LogP contribution is 2.20. The van der Waals surface area contributed by atoms with E-state index in [2.05, 4.69) is 5.32 Å². The second-order valence-electron chi connectivity index (χ2n) is 6.30. The number of amides is 1. The maximum Gasteiger partial charge on any atom is 0.232 e. The number of methoxy groups -OCH3 is 1. The first-order valence-electron chi connectivity index (χ1n) is 9.06. The van der Waals surface area contributed by atoms with Crippen LogP contribution in [0, 0.1) is 5.82 Å². The highest BCUT2D eigenvalue weighted by molar-refractivity contribution is 7.92. The maximum absolute atomic E-state index is 13.4. The molecule has 0 atom stereocenters. The molecule has 2 rings (SSSR count). The molecule has 158 valence electrons. The van der Waals surface area contributed by atoms with Gasteiger partial charge < -0.3 is 14.8 Å². The largest absolute Gasteiger partial charge is 0.497 e. The Morgan fingerprint density at radius 1 is 1.14 bits per heavy atom. The van der Waals surface area contributed by atoms with Crippen molar-refractivity contribution in [2.45, 2.75) is 12.8 Å². The molecule has 0 aromatic heterocycles. The fraction of sp³-hybridized carbons (Fsp3) is 0.350. The van der Waals surface area contributed by atoms with Crippen LogP contribution in [-0.2, 0) is 14.8 Å². The first-order valence-corrected chi connectivity index (χ1v) is 10.9. The molecule has 9 heteroatoms. The zero-order valence-corrected chi connectivity index (χ0v) is 17.2. The fourth-order valence-electron chi connectivity index (χ4n) is 2.64. The molecule has 0 aliphatic rings. The first-order chi connectivity index (χ1) is 13.8. The highest BCUT2D eigenvalue weighted by Gasteiger charge is 2.18. The van der Waals surface area contributed by atoms with Crippen molar-refractivity contribution in [3.8, 4) is 11.5 Å². The SMILES string of the molecule is COc1cccc(OCCNC(=O)CCCN(c2cccc(F)c2)S(C)(=O)=O)c1. The molecular weight excluding hydrogens is 399 g/mol. The van der Waals surface area contributed by atoms with E-state index in [-0.39, 0.29) is 31.2 Å². The van der Waals surface area contributed by atoms with Crippen LogP contribution >= 0.6 is 0 Å². The second kappa shape index (κ2) is 10.7. The van der Waals surface area contributed by atoms with Crippen LogP contribution in [-0.4, -0.2) is 47.4 Å². The van der Waals surface area contributed by atoms with Crippen LogP contribution < -0.4 is 19.1 Å². The molecule has 0 unspecified atom stereocenters. The summed E-state index contributed by atoms with van der Waals surface area (Å²) in [5.41, 5.74) is 0.236. The van der Waals surface area contributed by atoms with Crippen LogP contribution in [0.1, 0.15) is 12.8 Å². The number of hydrogen-bond donors (Lipinski definition) is 1. The van der Waals surface area contributed by atoms with Crippen LogP contribution in [0.3, 0.4) is 0 Å². The number of carbonyl (C=O) groups excluding carboxylic acids is 1. The van der Waals surface area contributed by atoms with Gasteiger partial charge in [-0.25, -0.2) is 12.8 Å². The van der Waals surface area contributed by atoms with Gasteiger partial charge >= 0.3 is 0 Å². The van der Waals surface area contributed by atoms with Crippen molar-refractivity contribution in [3.05, 3.63) is 54.3 Å². The number of nitrogens with one attached hydrogen (secondary N) is 1. The molecular formula is C20H25FN2O5S. The van der Waals surface area contributed by atoms with E-state index in [1.165, 1.54) is 18.2 Å². The van der Waals surface area contributed by atoms with Gasteiger partial charge in [-0.2, -0.15) is 0 Å². The van der Waals surface area contributed by atoms with Crippen molar-refractivity contribution in [1.29, 1.82) is 0 Å². The summed E-state index contributed by atoms with van der Waals surface area (Å²) >= 11 is 0. The van der Waals surface area contributed by atoms with E-state index >= 15 is 0 Å². The molecule has 1 amide bonds. The molecule has 0 spiro atoms. The molecule has 0 saturated carbocycles. The number of hydrogen-bond acceptors (Lipinski definition) is 5. The van der Waals surface area contributed by atoms with Gasteiger partial charge in [0.1, 0.15) is 23.9 Å². The summed E-state index contributed by atoms with van der Waals surface area (Å²) in [6.07, 6.45) is 1.49. The normalized spacial score (nSPS) is 11.0. The smallest absolute Gasteiger partial charge is 0.232 e. The number of halogens is 1. The molecule has 2 aromatic rings. The van der Waals surface area contributed by atoms with E-state index < -0.39 is 15.8 Å². The Kier molecular flexibility index (Phi) is 8.26. The van der Waals surface area contributed by atoms with E-state index in [0.717, 1.165) is 16.6 Å². The summed E-state index contributed by atoms with van der Waals surface area (Å²) in [6.45, 7) is 0.684. The summed E-state index contributed by atoms with van der Waals surface area (Å²) in [7, 11) is -2.02. The lowest BCUT2D eigenvalue weighted by Crippen LogP contribution is -2.33. The molecule has 0 heterocycles. The average molecular weight is 424 g/mol. The van der Waals surface area contributed by atoms with E-state index in [4.69, 9.17) is 9.47 Å².